The Kier molecular flexibility index (Phi) is 11.5. The first kappa shape index (κ1) is 18.7. The number of nitrogens with two attached hydrogens (primary N) is 2. The molecule has 0 rings (SSSR count). The highest BCUT2D eigenvalue weighted by Crippen LogP contribution is 2.19. The Morgan fingerprint density at radius 3 is 1.65 bits per heavy atom. The molecule has 0 unspecified atom stereocenters. The van der Waals surface area contributed by atoms with E-state index in [2.05, 4.69) is 30.2 Å². The van der Waals surface area contributed by atoms with Crippen LogP contribution in [-0.2, 0) is 14.2 Å². The third-order valence-electron chi connectivity index (χ3n) is 1.42. The third kappa shape index (κ3) is 11.6. The van der Waals surface area contributed by atoms with E-state index in [1.807, 2.05) is 20.8 Å². The summed E-state index contributed by atoms with van der Waals surface area (Å²) in [7, 11) is 0. The molecule has 0 aliphatic carbocycles. The van der Waals surface area contributed by atoms with Crippen molar-refractivity contribution >= 4 is 34.8 Å². The molecular formula is C9H20N2O4S2. The van der Waals surface area contributed by atoms with Gasteiger partial charge in [0.1, 0.15) is 0 Å². The minimum atomic E-state index is -1.10. The normalized spacial score (nSPS) is 10.1. The minimum absolute atomic E-state index is 0.0660. The lowest BCUT2D eigenvalue weighted by Crippen LogP contribution is -2.42. The molecule has 0 spiro atoms. The van der Waals surface area contributed by atoms with Crippen LogP contribution in [0.3, 0.4) is 0 Å². The van der Waals surface area contributed by atoms with Crippen LogP contribution in [0.15, 0.2) is 0 Å². The average molecular weight is 284 g/mol. The number of hydrogen-bond donors (Lipinski definition) is 3. The Morgan fingerprint density at radius 2 is 1.47 bits per heavy atom. The van der Waals surface area contributed by atoms with E-state index >= 15 is 0 Å². The summed E-state index contributed by atoms with van der Waals surface area (Å²) in [5.74, 6) is -1.10. The molecule has 0 fully saturated rings. The number of rotatable bonds is 6. The first-order valence-corrected chi connectivity index (χ1v) is 5.89. The Labute approximate surface area is 112 Å². The van der Waals surface area contributed by atoms with Gasteiger partial charge in [-0.2, -0.15) is 0 Å². The second-order valence-corrected chi connectivity index (χ2v) is 3.48. The van der Waals surface area contributed by atoms with E-state index in [4.69, 9.17) is 25.1 Å². The van der Waals surface area contributed by atoms with Crippen molar-refractivity contribution in [1.29, 1.82) is 0 Å². The van der Waals surface area contributed by atoms with Crippen LogP contribution < -0.4 is 11.5 Å². The Hall–Kier alpha value is -0.700. The summed E-state index contributed by atoms with van der Waals surface area (Å²) in [6.45, 7) is 6.55. The van der Waals surface area contributed by atoms with E-state index in [0.717, 1.165) is 0 Å². The summed E-state index contributed by atoms with van der Waals surface area (Å²) in [6, 6.07) is 0. The maximum absolute atomic E-state index is 7.56. The number of hydrogen-bond acceptors (Lipinski definition) is 5. The van der Waals surface area contributed by atoms with Crippen LogP contribution >= 0.6 is 24.4 Å². The molecule has 17 heavy (non-hydrogen) atoms. The van der Waals surface area contributed by atoms with Crippen LogP contribution in [0, 0.1) is 0 Å². The molecule has 0 aliphatic rings. The molecule has 0 saturated heterocycles. The van der Waals surface area contributed by atoms with Gasteiger partial charge in [0.2, 0.25) is 0 Å². The summed E-state index contributed by atoms with van der Waals surface area (Å²) < 4.78 is 15.8. The standard InChI is InChI=1S/C8H17NO3S.CH3NOS/c1-4-8(10-5-2,11-6-3)12-7(9)13;2-1(3)4/h4-6H2,1-3H3,(H2,9,13);(H3,2,3,4). The molecule has 102 valence electrons. The monoisotopic (exact) mass is 284 g/mol. The van der Waals surface area contributed by atoms with E-state index in [1.165, 1.54) is 0 Å². The molecule has 0 bridgehead atoms. The van der Waals surface area contributed by atoms with Crippen LogP contribution in [0.2, 0.25) is 0 Å². The zero-order chi connectivity index (χ0) is 13.9. The van der Waals surface area contributed by atoms with E-state index < -0.39 is 11.1 Å². The maximum Gasteiger partial charge on any atom is 0.328 e. The van der Waals surface area contributed by atoms with Crippen molar-refractivity contribution in [2.75, 3.05) is 13.2 Å². The predicted molar refractivity (Wildman–Crippen MR) is 73.6 cm³/mol. The van der Waals surface area contributed by atoms with Crippen molar-refractivity contribution < 1.29 is 19.3 Å². The van der Waals surface area contributed by atoms with Crippen LogP contribution in [-0.4, -0.2) is 34.6 Å². The molecule has 6 nitrogen and oxygen atoms in total. The smallest absolute Gasteiger partial charge is 0.328 e. The van der Waals surface area contributed by atoms with Crippen LogP contribution in [0.5, 0.6) is 0 Å². The van der Waals surface area contributed by atoms with Crippen molar-refractivity contribution in [3.63, 3.8) is 0 Å². The van der Waals surface area contributed by atoms with Gasteiger partial charge in [-0.05, 0) is 38.3 Å². The molecular weight excluding hydrogens is 264 g/mol. The summed E-state index contributed by atoms with van der Waals surface area (Å²) >= 11 is 8.50. The Balaban J connectivity index is 0. The number of ether oxygens (including phenoxy) is 3. The molecule has 0 heterocycles. The highest BCUT2D eigenvalue weighted by atomic mass is 32.1. The van der Waals surface area contributed by atoms with Gasteiger partial charge in [-0.1, -0.05) is 6.92 Å². The van der Waals surface area contributed by atoms with E-state index in [9.17, 15) is 0 Å². The van der Waals surface area contributed by atoms with Crippen LogP contribution in [0.25, 0.3) is 0 Å². The fourth-order valence-corrected chi connectivity index (χ4v) is 1.10. The highest BCUT2D eigenvalue weighted by molar-refractivity contribution is 7.80. The van der Waals surface area contributed by atoms with Crippen LogP contribution in [0.4, 0.5) is 0 Å². The van der Waals surface area contributed by atoms with Gasteiger partial charge in [0.15, 0.2) is 0 Å². The van der Waals surface area contributed by atoms with Crippen molar-refractivity contribution in [3.8, 4) is 0 Å². The molecule has 8 heteroatoms. The van der Waals surface area contributed by atoms with E-state index in [1.54, 1.807) is 0 Å². The van der Waals surface area contributed by atoms with Gasteiger partial charge >= 0.3 is 5.97 Å². The van der Waals surface area contributed by atoms with Gasteiger partial charge in [0, 0.05) is 6.42 Å². The summed E-state index contributed by atoms with van der Waals surface area (Å²) in [5, 5.41) is 7.00. The third-order valence-corrected chi connectivity index (χ3v) is 1.50. The first-order valence-electron chi connectivity index (χ1n) is 5.08. The molecule has 0 aliphatic heterocycles. The highest BCUT2D eigenvalue weighted by Gasteiger charge is 2.32. The van der Waals surface area contributed by atoms with Gasteiger partial charge in [-0.15, -0.1) is 0 Å². The average Bonchev–Trinajstić information content (AvgIpc) is 2.16. The summed E-state index contributed by atoms with van der Waals surface area (Å²) in [5.41, 5.74) is 9.66. The minimum Gasteiger partial charge on any atom is -0.487 e. The SMILES string of the molecule is CCOC(CC)(OCC)OC(N)=S.NC(O)=S. The second kappa shape index (κ2) is 10.5. The zero-order valence-corrected chi connectivity index (χ0v) is 11.9. The van der Waals surface area contributed by atoms with Gasteiger partial charge < -0.3 is 30.8 Å². The van der Waals surface area contributed by atoms with E-state index in [-0.39, 0.29) is 5.17 Å². The molecule has 0 amide bonds. The van der Waals surface area contributed by atoms with Crippen molar-refractivity contribution in [1.82, 2.24) is 0 Å². The van der Waals surface area contributed by atoms with Crippen molar-refractivity contribution in [2.45, 2.75) is 33.2 Å². The fourth-order valence-electron chi connectivity index (χ4n) is 0.970. The second-order valence-electron chi connectivity index (χ2n) is 2.66. The summed E-state index contributed by atoms with van der Waals surface area (Å²) in [6.07, 6.45) is 0.534. The quantitative estimate of drug-likeness (QED) is 0.494. The predicted octanol–water partition coefficient (Wildman–Crippen LogP) is 1.17. The fraction of sp³-hybridized carbons (Fsp3) is 0.778. The Bertz CT molecular complexity index is 229. The van der Waals surface area contributed by atoms with Gasteiger partial charge in [0.05, 0.1) is 13.2 Å². The molecule has 0 atom stereocenters. The molecule has 0 saturated carbocycles. The number of aliphatic hydroxyl groups is 1. The lowest BCUT2D eigenvalue weighted by Gasteiger charge is -2.30. The van der Waals surface area contributed by atoms with Crippen LogP contribution in [0.1, 0.15) is 27.2 Å². The van der Waals surface area contributed by atoms with Crippen molar-refractivity contribution in [3.05, 3.63) is 0 Å². The Morgan fingerprint density at radius 1 is 1.12 bits per heavy atom. The van der Waals surface area contributed by atoms with Gasteiger partial charge in [0.25, 0.3) is 10.3 Å². The molecule has 5 N–H and O–H groups in total. The van der Waals surface area contributed by atoms with Crippen molar-refractivity contribution in [2.24, 2.45) is 11.5 Å². The lowest BCUT2D eigenvalue weighted by atomic mass is 10.4. The molecule has 0 radical (unpaired) electrons. The summed E-state index contributed by atoms with van der Waals surface area (Å²) in [4.78, 5) is 0. The maximum atomic E-state index is 7.56. The molecule has 0 aromatic carbocycles. The first-order chi connectivity index (χ1) is 7.83. The van der Waals surface area contributed by atoms with Gasteiger partial charge in [-0.3, -0.25) is 0 Å². The largest absolute Gasteiger partial charge is 0.487 e. The van der Waals surface area contributed by atoms with E-state index in [0.29, 0.717) is 19.6 Å². The van der Waals surface area contributed by atoms with Gasteiger partial charge in [-0.25, -0.2) is 0 Å². The molecule has 0 aromatic heterocycles. The topological polar surface area (TPSA) is 100.0 Å². The zero-order valence-electron chi connectivity index (χ0n) is 10.3. The lowest BCUT2D eigenvalue weighted by molar-refractivity contribution is -0.348. The molecule has 0 aromatic rings. The number of aliphatic hydroxyl groups excluding tert-OH is 1. The number of thiocarbonyl (C=S) groups is 2.